The SMILES string of the molecule is CC(C)n1nc(-c2ccc(NC(=O)/C=C/C(=O)c3ccc(F)c(C(F)(F)F)c3)cc2)c2c(N)ncnc21. The van der Waals surface area contributed by atoms with Gasteiger partial charge in [0.2, 0.25) is 5.91 Å². The zero-order chi connectivity index (χ0) is 26.9. The van der Waals surface area contributed by atoms with Gasteiger partial charge in [0, 0.05) is 28.9 Å². The summed E-state index contributed by atoms with van der Waals surface area (Å²) < 4.78 is 53.8. The lowest BCUT2D eigenvalue weighted by Gasteiger charge is -2.08. The van der Waals surface area contributed by atoms with Crippen LogP contribution in [0.25, 0.3) is 22.3 Å². The van der Waals surface area contributed by atoms with E-state index in [0.717, 1.165) is 18.2 Å². The maximum Gasteiger partial charge on any atom is 0.419 e. The van der Waals surface area contributed by atoms with E-state index in [0.29, 0.717) is 40.1 Å². The quantitative estimate of drug-likeness (QED) is 0.209. The molecule has 1 amide bonds. The highest BCUT2D eigenvalue weighted by Crippen LogP contribution is 2.33. The van der Waals surface area contributed by atoms with Crippen LogP contribution in [0.2, 0.25) is 0 Å². The van der Waals surface area contributed by atoms with E-state index in [-0.39, 0.29) is 11.9 Å². The van der Waals surface area contributed by atoms with Gasteiger partial charge in [-0.05, 0) is 50.3 Å². The molecule has 190 valence electrons. The Morgan fingerprint density at radius 3 is 2.41 bits per heavy atom. The van der Waals surface area contributed by atoms with Crippen LogP contribution in [0.15, 0.2) is 60.9 Å². The molecular weight excluding hydrogens is 492 g/mol. The van der Waals surface area contributed by atoms with Crippen LogP contribution in [0.3, 0.4) is 0 Å². The Hall–Kier alpha value is -4.61. The number of nitrogens with zero attached hydrogens (tertiary/aromatic N) is 4. The number of carbonyl (C=O) groups excluding carboxylic acids is 2. The van der Waals surface area contributed by atoms with Crippen molar-refractivity contribution in [1.82, 2.24) is 19.7 Å². The highest BCUT2D eigenvalue weighted by Gasteiger charge is 2.34. The molecule has 0 atom stereocenters. The molecule has 0 saturated heterocycles. The summed E-state index contributed by atoms with van der Waals surface area (Å²) in [6, 6.07) is 8.53. The molecule has 4 rings (SSSR count). The van der Waals surface area contributed by atoms with Gasteiger partial charge in [-0.2, -0.15) is 18.3 Å². The molecule has 8 nitrogen and oxygen atoms in total. The molecule has 0 radical (unpaired) electrons. The number of nitrogen functional groups attached to an aromatic ring is 1. The summed E-state index contributed by atoms with van der Waals surface area (Å²) in [6.07, 6.45) is -1.90. The number of hydrogen-bond donors (Lipinski definition) is 2. The van der Waals surface area contributed by atoms with Gasteiger partial charge in [-0.1, -0.05) is 12.1 Å². The minimum atomic E-state index is -4.95. The molecule has 2 aromatic carbocycles. The molecule has 0 bridgehead atoms. The number of hydrogen-bond acceptors (Lipinski definition) is 6. The van der Waals surface area contributed by atoms with Gasteiger partial charge in [0.1, 0.15) is 23.7 Å². The summed E-state index contributed by atoms with van der Waals surface area (Å²) >= 11 is 0. The van der Waals surface area contributed by atoms with E-state index in [1.165, 1.54) is 6.33 Å². The van der Waals surface area contributed by atoms with Crippen molar-refractivity contribution in [1.29, 1.82) is 0 Å². The van der Waals surface area contributed by atoms with Crippen LogP contribution >= 0.6 is 0 Å². The fraction of sp³-hybridized carbons (Fsp3) is 0.160. The smallest absolute Gasteiger partial charge is 0.383 e. The molecule has 12 heteroatoms. The first-order valence-corrected chi connectivity index (χ1v) is 10.9. The van der Waals surface area contributed by atoms with Crippen LogP contribution in [0.5, 0.6) is 0 Å². The maximum atomic E-state index is 13.4. The number of nitrogens with two attached hydrogens (primary N) is 1. The molecule has 0 spiro atoms. The van der Waals surface area contributed by atoms with Gasteiger partial charge < -0.3 is 11.1 Å². The van der Waals surface area contributed by atoms with Gasteiger partial charge in [0.25, 0.3) is 0 Å². The molecule has 3 N–H and O–H groups in total. The largest absolute Gasteiger partial charge is 0.419 e. The van der Waals surface area contributed by atoms with Crippen molar-refractivity contribution in [2.24, 2.45) is 0 Å². The summed E-state index contributed by atoms with van der Waals surface area (Å²) in [5.41, 5.74) is 6.36. The third-order valence-corrected chi connectivity index (χ3v) is 5.38. The third-order valence-electron chi connectivity index (χ3n) is 5.38. The number of nitrogens with one attached hydrogen (secondary N) is 1. The summed E-state index contributed by atoms with van der Waals surface area (Å²) in [5, 5.41) is 7.77. The molecule has 0 saturated carbocycles. The number of anilines is 2. The molecular formula is C25H20F4N6O2. The predicted octanol–water partition coefficient (Wildman–Crippen LogP) is 5.19. The molecule has 4 aromatic rings. The van der Waals surface area contributed by atoms with E-state index in [9.17, 15) is 27.2 Å². The zero-order valence-corrected chi connectivity index (χ0v) is 19.5. The molecule has 0 aliphatic carbocycles. The first-order valence-electron chi connectivity index (χ1n) is 10.9. The summed E-state index contributed by atoms with van der Waals surface area (Å²) in [5.74, 6) is -2.79. The summed E-state index contributed by atoms with van der Waals surface area (Å²) in [7, 11) is 0. The zero-order valence-electron chi connectivity index (χ0n) is 19.5. The minimum absolute atomic E-state index is 0.0218. The molecule has 37 heavy (non-hydrogen) atoms. The van der Waals surface area contributed by atoms with E-state index >= 15 is 0 Å². The average Bonchev–Trinajstić information content (AvgIpc) is 3.24. The topological polar surface area (TPSA) is 116 Å². The Morgan fingerprint density at radius 1 is 1.05 bits per heavy atom. The van der Waals surface area contributed by atoms with Crippen molar-refractivity contribution in [3.05, 3.63) is 77.9 Å². The van der Waals surface area contributed by atoms with Crippen molar-refractivity contribution in [2.45, 2.75) is 26.1 Å². The molecule has 0 aliphatic rings. The summed E-state index contributed by atoms with van der Waals surface area (Å²) in [6.45, 7) is 3.91. The van der Waals surface area contributed by atoms with Crippen molar-refractivity contribution in [2.75, 3.05) is 11.1 Å². The number of rotatable bonds is 6. The van der Waals surface area contributed by atoms with Crippen molar-refractivity contribution >= 4 is 34.2 Å². The van der Waals surface area contributed by atoms with E-state index in [1.807, 2.05) is 13.8 Å². The number of ketones is 1. The first kappa shape index (κ1) is 25.5. The lowest BCUT2D eigenvalue weighted by Crippen LogP contribution is -2.11. The highest BCUT2D eigenvalue weighted by atomic mass is 19.4. The Morgan fingerprint density at radius 2 is 1.76 bits per heavy atom. The van der Waals surface area contributed by atoms with E-state index in [2.05, 4.69) is 20.4 Å². The van der Waals surface area contributed by atoms with Crippen molar-refractivity contribution < 1.29 is 27.2 Å². The second kappa shape index (κ2) is 9.80. The molecule has 0 unspecified atom stereocenters. The van der Waals surface area contributed by atoms with Crippen LogP contribution in [-0.2, 0) is 11.0 Å². The van der Waals surface area contributed by atoms with Crippen LogP contribution < -0.4 is 11.1 Å². The van der Waals surface area contributed by atoms with E-state index in [1.54, 1.807) is 28.9 Å². The second-order valence-electron chi connectivity index (χ2n) is 8.30. The van der Waals surface area contributed by atoms with Crippen LogP contribution in [-0.4, -0.2) is 31.4 Å². The van der Waals surface area contributed by atoms with Gasteiger partial charge in [0.05, 0.1) is 10.9 Å². The standard InChI is InChI=1S/C25H20F4N6O2/c1-13(2)35-24-21(23(30)31-12-32-24)22(34-35)14-3-6-16(7-4-14)33-20(37)10-9-19(36)15-5-8-18(26)17(11-15)25(27,28)29/h3-13H,1-2H3,(H,33,37)(H2,30,31,32)/b10-9+. The monoisotopic (exact) mass is 512 g/mol. The number of benzene rings is 2. The number of aromatic nitrogens is 4. The normalized spacial score (nSPS) is 12.0. The van der Waals surface area contributed by atoms with Gasteiger partial charge in [0.15, 0.2) is 11.4 Å². The predicted molar refractivity (Wildman–Crippen MR) is 129 cm³/mol. The number of halogens is 4. The number of alkyl halides is 3. The Balaban J connectivity index is 1.49. The highest BCUT2D eigenvalue weighted by molar-refractivity contribution is 6.10. The molecule has 0 fully saturated rings. The minimum Gasteiger partial charge on any atom is -0.383 e. The molecule has 2 heterocycles. The molecule has 0 aliphatic heterocycles. The van der Waals surface area contributed by atoms with Gasteiger partial charge in [-0.25, -0.2) is 19.0 Å². The number of fused-ring (bicyclic) bond motifs is 1. The second-order valence-corrected chi connectivity index (χ2v) is 8.30. The number of amides is 1. The van der Waals surface area contributed by atoms with Crippen LogP contribution in [0.1, 0.15) is 35.8 Å². The fourth-order valence-electron chi connectivity index (χ4n) is 3.60. The fourth-order valence-corrected chi connectivity index (χ4v) is 3.60. The van der Waals surface area contributed by atoms with Crippen molar-refractivity contribution in [3.63, 3.8) is 0 Å². The van der Waals surface area contributed by atoms with Crippen LogP contribution in [0, 0.1) is 5.82 Å². The van der Waals surface area contributed by atoms with E-state index < -0.39 is 34.8 Å². The third kappa shape index (κ3) is 5.32. The first-order chi connectivity index (χ1) is 17.5. The Kier molecular flexibility index (Phi) is 6.75. The van der Waals surface area contributed by atoms with Crippen molar-refractivity contribution in [3.8, 4) is 11.3 Å². The average molecular weight is 512 g/mol. The van der Waals surface area contributed by atoms with Gasteiger partial charge in [-0.15, -0.1) is 0 Å². The Labute approximate surface area is 207 Å². The number of allylic oxidation sites excluding steroid dienone is 1. The van der Waals surface area contributed by atoms with Gasteiger partial charge >= 0.3 is 6.18 Å². The van der Waals surface area contributed by atoms with Crippen LogP contribution in [0.4, 0.5) is 29.1 Å². The Bertz CT molecular complexity index is 1520. The summed E-state index contributed by atoms with van der Waals surface area (Å²) in [4.78, 5) is 32.8. The maximum absolute atomic E-state index is 13.4. The lowest BCUT2D eigenvalue weighted by atomic mass is 10.1. The molecule has 2 aromatic heterocycles. The lowest BCUT2D eigenvalue weighted by molar-refractivity contribution is -0.140. The number of carbonyl (C=O) groups is 2. The van der Waals surface area contributed by atoms with E-state index in [4.69, 9.17) is 5.73 Å². The van der Waals surface area contributed by atoms with Gasteiger partial charge in [-0.3, -0.25) is 9.59 Å².